The Bertz CT molecular complexity index is 1770. The summed E-state index contributed by atoms with van der Waals surface area (Å²) in [7, 11) is 0. The minimum atomic E-state index is -2.52. The molecule has 3 aliphatic heterocycles. The minimum Gasteiger partial charge on any atom is -0.507 e. The molecule has 1 fully saturated rings. The standard InChI is InChI=1S/C31H24ClN3O6/c1-30(2)15-17-7-3-4-8-19(17)24-22(27(33)39)31(29(41)35(24)30)23(25(37)16-11-13-18(32)14-12-16)26(38)28(40)34(31)20-9-5-6-10-21(20)36/h3-14,36-37H,15H2,1-2H3,(H2,33,39)/b25-23-. The number of aliphatic hydroxyl groups excluding tert-OH is 1. The smallest absolute Gasteiger partial charge is 0.300 e. The van der Waals surface area contributed by atoms with Crippen LogP contribution in [0.5, 0.6) is 5.75 Å². The molecule has 0 bridgehead atoms. The van der Waals surface area contributed by atoms with Gasteiger partial charge in [-0.1, -0.05) is 48.0 Å². The molecule has 206 valence electrons. The molecule has 4 N–H and O–H groups in total. The van der Waals surface area contributed by atoms with Crippen LogP contribution in [0.2, 0.25) is 5.02 Å². The first-order valence-electron chi connectivity index (χ1n) is 12.8. The first kappa shape index (κ1) is 26.3. The number of aliphatic hydroxyl groups is 1. The maximum atomic E-state index is 15.0. The molecule has 0 radical (unpaired) electrons. The lowest BCUT2D eigenvalue weighted by atomic mass is 9.79. The van der Waals surface area contributed by atoms with Crippen molar-refractivity contribution in [1.29, 1.82) is 0 Å². The number of fused-ring (bicyclic) bond motifs is 3. The Hall–Kier alpha value is -4.89. The van der Waals surface area contributed by atoms with E-state index in [1.807, 2.05) is 12.1 Å². The van der Waals surface area contributed by atoms with Gasteiger partial charge in [-0.3, -0.25) is 24.1 Å². The third-order valence-corrected chi connectivity index (χ3v) is 8.13. The molecule has 1 atom stereocenters. The predicted octanol–water partition coefficient (Wildman–Crippen LogP) is 3.74. The van der Waals surface area contributed by atoms with E-state index in [1.165, 1.54) is 53.4 Å². The monoisotopic (exact) mass is 569 g/mol. The first-order chi connectivity index (χ1) is 19.4. The van der Waals surface area contributed by atoms with Crippen molar-refractivity contribution in [3.05, 3.63) is 106 Å². The summed E-state index contributed by atoms with van der Waals surface area (Å²) < 4.78 is 0. The summed E-state index contributed by atoms with van der Waals surface area (Å²) in [5, 5.41) is 22.9. The number of Topliss-reactive ketones (excluding diaryl/α,β-unsaturated/α-hetero) is 1. The maximum Gasteiger partial charge on any atom is 0.300 e. The molecular formula is C31H24ClN3O6. The molecule has 0 aliphatic carbocycles. The number of halogens is 1. The van der Waals surface area contributed by atoms with Crippen LogP contribution in [-0.4, -0.2) is 49.7 Å². The minimum absolute atomic E-state index is 0.0789. The van der Waals surface area contributed by atoms with E-state index < -0.39 is 51.7 Å². The van der Waals surface area contributed by atoms with Gasteiger partial charge in [-0.25, -0.2) is 0 Å². The van der Waals surface area contributed by atoms with Crippen molar-refractivity contribution in [2.24, 2.45) is 5.73 Å². The van der Waals surface area contributed by atoms with Gasteiger partial charge in [0.1, 0.15) is 11.5 Å². The molecule has 3 aromatic carbocycles. The van der Waals surface area contributed by atoms with E-state index in [0.29, 0.717) is 17.0 Å². The van der Waals surface area contributed by atoms with Crippen LogP contribution in [-0.2, 0) is 25.6 Å². The Morgan fingerprint density at radius 3 is 2.22 bits per heavy atom. The van der Waals surface area contributed by atoms with Crippen molar-refractivity contribution in [3.63, 3.8) is 0 Å². The first-order valence-corrected chi connectivity index (χ1v) is 13.1. The fourth-order valence-corrected chi connectivity index (χ4v) is 6.41. The summed E-state index contributed by atoms with van der Waals surface area (Å²) in [6.45, 7) is 3.59. The topological polar surface area (TPSA) is 141 Å². The van der Waals surface area contributed by atoms with E-state index in [2.05, 4.69) is 0 Å². The van der Waals surface area contributed by atoms with E-state index in [9.17, 15) is 29.4 Å². The van der Waals surface area contributed by atoms with Crippen LogP contribution in [0.4, 0.5) is 5.69 Å². The number of hydrogen-bond acceptors (Lipinski definition) is 6. The number of carbonyl (C=O) groups is 4. The van der Waals surface area contributed by atoms with Crippen molar-refractivity contribution in [3.8, 4) is 5.75 Å². The average molecular weight is 570 g/mol. The number of carbonyl (C=O) groups excluding carboxylic acids is 4. The zero-order valence-corrected chi connectivity index (χ0v) is 22.8. The predicted molar refractivity (Wildman–Crippen MR) is 152 cm³/mol. The number of phenols is 1. The highest BCUT2D eigenvalue weighted by molar-refractivity contribution is 6.56. The van der Waals surface area contributed by atoms with Gasteiger partial charge in [0.15, 0.2) is 5.54 Å². The number of benzene rings is 3. The largest absolute Gasteiger partial charge is 0.507 e. The Morgan fingerprint density at radius 1 is 0.927 bits per heavy atom. The number of primary amides is 1. The maximum absolute atomic E-state index is 15.0. The van der Waals surface area contributed by atoms with E-state index in [1.54, 1.807) is 26.0 Å². The van der Waals surface area contributed by atoms with Gasteiger partial charge < -0.3 is 20.8 Å². The fourth-order valence-electron chi connectivity index (χ4n) is 6.28. The Kier molecular flexibility index (Phi) is 5.66. The molecule has 1 unspecified atom stereocenters. The molecule has 3 aromatic rings. The number of para-hydroxylation sites is 2. The van der Waals surface area contributed by atoms with Crippen LogP contribution < -0.4 is 10.6 Å². The second-order valence-corrected chi connectivity index (χ2v) is 11.2. The Morgan fingerprint density at radius 2 is 1.56 bits per heavy atom. The van der Waals surface area contributed by atoms with Gasteiger partial charge in [-0.15, -0.1) is 0 Å². The van der Waals surface area contributed by atoms with Crippen molar-refractivity contribution in [2.45, 2.75) is 31.3 Å². The highest BCUT2D eigenvalue weighted by Gasteiger charge is 2.72. The van der Waals surface area contributed by atoms with Gasteiger partial charge >= 0.3 is 5.91 Å². The van der Waals surface area contributed by atoms with Crippen LogP contribution in [0.3, 0.4) is 0 Å². The Balaban J connectivity index is 1.82. The molecule has 1 saturated heterocycles. The number of hydrogen-bond donors (Lipinski definition) is 3. The van der Waals surface area contributed by atoms with Crippen molar-refractivity contribution in [2.75, 3.05) is 4.90 Å². The molecule has 3 heterocycles. The molecule has 6 rings (SSSR count). The molecule has 0 aromatic heterocycles. The van der Waals surface area contributed by atoms with Crippen LogP contribution in [0.15, 0.2) is 83.9 Å². The molecule has 3 aliphatic rings. The molecule has 1 spiro atoms. The number of aromatic hydroxyl groups is 1. The summed E-state index contributed by atoms with van der Waals surface area (Å²) >= 11 is 6.03. The highest BCUT2D eigenvalue weighted by Crippen LogP contribution is 2.57. The van der Waals surface area contributed by atoms with Gasteiger partial charge in [0.25, 0.3) is 11.7 Å². The summed E-state index contributed by atoms with van der Waals surface area (Å²) in [6.07, 6.45) is 0.390. The molecule has 10 heteroatoms. The van der Waals surface area contributed by atoms with Crippen LogP contribution >= 0.6 is 11.6 Å². The van der Waals surface area contributed by atoms with E-state index in [0.717, 1.165) is 10.5 Å². The molecular weight excluding hydrogens is 546 g/mol. The summed E-state index contributed by atoms with van der Waals surface area (Å²) in [6, 6.07) is 18.6. The van der Waals surface area contributed by atoms with Crippen molar-refractivity contribution in [1.82, 2.24) is 4.90 Å². The average Bonchev–Trinajstić information content (AvgIpc) is 3.32. The molecule has 41 heavy (non-hydrogen) atoms. The normalized spacial score (nSPS) is 22.4. The lowest BCUT2D eigenvalue weighted by molar-refractivity contribution is -0.135. The fraction of sp³-hybridized carbons (Fsp3) is 0.161. The third kappa shape index (κ3) is 3.42. The zero-order chi connectivity index (χ0) is 29.4. The number of ketones is 1. The lowest BCUT2D eigenvalue weighted by Crippen LogP contribution is -2.60. The van der Waals surface area contributed by atoms with Gasteiger partial charge in [0, 0.05) is 21.7 Å². The van der Waals surface area contributed by atoms with Gasteiger partial charge in [-0.2, -0.15) is 0 Å². The van der Waals surface area contributed by atoms with E-state index in [-0.39, 0.29) is 22.5 Å². The number of anilines is 1. The lowest BCUT2D eigenvalue weighted by Gasteiger charge is -2.43. The van der Waals surface area contributed by atoms with Crippen LogP contribution in [0.1, 0.15) is 30.5 Å². The Labute approximate surface area is 239 Å². The van der Waals surface area contributed by atoms with Crippen LogP contribution in [0.25, 0.3) is 11.5 Å². The number of amides is 3. The third-order valence-electron chi connectivity index (χ3n) is 7.88. The van der Waals surface area contributed by atoms with Gasteiger partial charge in [0.2, 0.25) is 5.91 Å². The number of nitrogens with two attached hydrogens (primary N) is 1. The van der Waals surface area contributed by atoms with Gasteiger partial charge in [0.05, 0.1) is 22.5 Å². The van der Waals surface area contributed by atoms with Crippen molar-refractivity contribution < 1.29 is 29.4 Å². The molecule has 0 saturated carbocycles. The van der Waals surface area contributed by atoms with Gasteiger partial charge in [-0.05, 0) is 62.2 Å². The van der Waals surface area contributed by atoms with Crippen LogP contribution in [0, 0.1) is 0 Å². The summed E-state index contributed by atoms with van der Waals surface area (Å²) in [5.74, 6) is -5.48. The quantitative estimate of drug-likeness (QED) is 0.249. The summed E-state index contributed by atoms with van der Waals surface area (Å²) in [5.41, 5.74) is 2.95. The second kappa shape index (κ2) is 8.81. The molecule has 9 nitrogen and oxygen atoms in total. The van der Waals surface area contributed by atoms with E-state index in [4.69, 9.17) is 17.3 Å². The SMILES string of the molecule is CC1(C)Cc2ccccc2C2=C(C(N)=O)C3(C(=O)N21)/C(=C(\O)c1ccc(Cl)cc1)C(=O)C(=O)N3c1ccccc1O. The van der Waals surface area contributed by atoms with Crippen molar-refractivity contribution >= 4 is 52.2 Å². The summed E-state index contributed by atoms with van der Waals surface area (Å²) in [4.78, 5) is 58.5. The second-order valence-electron chi connectivity index (χ2n) is 10.8. The number of nitrogens with zero attached hydrogens (tertiary/aromatic N) is 2. The molecule has 3 amide bonds. The highest BCUT2D eigenvalue weighted by atomic mass is 35.5. The van der Waals surface area contributed by atoms with E-state index >= 15 is 0 Å². The number of rotatable bonds is 3. The number of phenolic OH excluding ortho intramolecular Hbond substituents is 1. The zero-order valence-electron chi connectivity index (χ0n) is 22.0.